The molecule has 1 aliphatic heterocycles. The van der Waals surface area contributed by atoms with Crippen LogP contribution in [0.3, 0.4) is 0 Å². The van der Waals surface area contributed by atoms with Crippen LogP contribution in [0.25, 0.3) is 22.9 Å². The highest BCUT2D eigenvalue weighted by Gasteiger charge is 2.27. The number of nitrogens with zero attached hydrogens (tertiary/aromatic N) is 4. The van der Waals surface area contributed by atoms with E-state index in [2.05, 4.69) is 46.5 Å². The molecule has 6 heteroatoms. The highest BCUT2D eigenvalue weighted by molar-refractivity contribution is 5.97. The minimum Gasteiger partial charge on any atom is -0.495 e. The molecule has 0 amide bonds. The minimum atomic E-state index is -0.273. The summed E-state index contributed by atoms with van der Waals surface area (Å²) in [4.78, 5) is 12.1. The lowest BCUT2D eigenvalue weighted by atomic mass is 10.0. The standard InChI is InChI=1S/C28H26N4O2/c1-20-18-32(19-29-20)25-14-12-21(16-26(25)33-3)13-15-27-30-34-28(31(27)2)24-11-7-10-23(17-24)22-8-5-4-6-9-22/h4-19,28H,1-3H3/b15-13+. The Hall–Kier alpha value is -4.32. The number of likely N-dealkylation sites (N-methyl/N-ethyl adjacent to an activating group) is 1. The van der Waals surface area contributed by atoms with Crippen molar-refractivity contribution in [2.75, 3.05) is 14.2 Å². The Morgan fingerprint density at radius 3 is 2.53 bits per heavy atom. The quantitative estimate of drug-likeness (QED) is 0.370. The van der Waals surface area contributed by atoms with Crippen LogP contribution in [0.2, 0.25) is 0 Å². The number of methoxy groups -OCH3 is 1. The number of benzene rings is 3. The second-order valence-electron chi connectivity index (χ2n) is 8.20. The lowest BCUT2D eigenvalue weighted by molar-refractivity contribution is 0.0191. The van der Waals surface area contributed by atoms with Gasteiger partial charge < -0.3 is 19.0 Å². The van der Waals surface area contributed by atoms with E-state index in [-0.39, 0.29) is 6.23 Å². The van der Waals surface area contributed by atoms with Crippen molar-refractivity contribution in [3.8, 4) is 22.6 Å². The highest BCUT2D eigenvalue weighted by Crippen LogP contribution is 2.31. The highest BCUT2D eigenvalue weighted by atomic mass is 16.7. The molecule has 2 heterocycles. The van der Waals surface area contributed by atoms with Crippen LogP contribution < -0.4 is 4.74 Å². The van der Waals surface area contributed by atoms with E-state index in [1.807, 2.05) is 78.2 Å². The fraction of sp³-hybridized carbons (Fsp3) is 0.143. The first kappa shape index (κ1) is 21.5. The van der Waals surface area contributed by atoms with Gasteiger partial charge in [0.15, 0.2) is 5.84 Å². The van der Waals surface area contributed by atoms with Gasteiger partial charge in [-0.3, -0.25) is 0 Å². The van der Waals surface area contributed by atoms with Crippen molar-refractivity contribution in [2.24, 2.45) is 5.16 Å². The van der Waals surface area contributed by atoms with Crippen LogP contribution in [0.4, 0.5) is 0 Å². The van der Waals surface area contributed by atoms with E-state index in [0.717, 1.165) is 39.7 Å². The molecule has 1 aliphatic rings. The number of ether oxygens (including phenoxy) is 1. The van der Waals surface area contributed by atoms with E-state index in [1.165, 1.54) is 5.56 Å². The second-order valence-corrected chi connectivity index (χ2v) is 8.20. The number of hydrogen-bond donors (Lipinski definition) is 0. The van der Waals surface area contributed by atoms with E-state index in [0.29, 0.717) is 0 Å². The molecule has 0 saturated heterocycles. The molecule has 1 unspecified atom stereocenters. The number of rotatable bonds is 6. The maximum atomic E-state index is 5.80. The van der Waals surface area contributed by atoms with E-state index in [1.54, 1.807) is 13.4 Å². The lowest BCUT2D eigenvalue weighted by Gasteiger charge is -2.20. The monoisotopic (exact) mass is 450 g/mol. The summed E-state index contributed by atoms with van der Waals surface area (Å²) in [6, 6.07) is 24.8. The lowest BCUT2D eigenvalue weighted by Crippen LogP contribution is -2.24. The second kappa shape index (κ2) is 9.27. The molecular weight excluding hydrogens is 424 g/mol. The van der Waals surface area contributed by atoms with Crippen LogP contribution in [-0.4, -0.2) is 34.4 Å². The summed E-state index contributed by atoms with van der Waals surface area (Å²) in [6.45, 7) is 1.96. The number of aromatic nitrogens is 2. The van der Waals surface area contributed by atoms with Gasteiger partial charge in [0.1, 0.15) is 5.75 Å². The molecule has 0 fully saturated rings. The molecule has 1 aromatic heterocycles. The van der Waals surface area contributed by atoms with Gasteiger partial charge in [0.25, 0.3) is 0 Å². The van der Waals surface area contributed by atoms with Crippen LogP contribution in [0.1, 0.15) is 23.0 Å². The van der Waals surface area contributed by atoms with Crippen molar-refractivity contribution in [2.45, 2.75) is 13.2 Å². The van der Waals surface area contributed by atoms with Crippen molar-refractivity contribution in [1.29, 1.82) is 0 Å². The van der Waals surface area contributed by atoms with Gasteiger partial charge in [-0.25, -0.2) is 4.98 Å². The van der Waals surface area contributed by atoms with Gasteiger partial charge in [-0.15, -0.1) is 0 Å². The molecule has 170 valence electrons. The molecular formula is C28H26N4O2. The van der Waals surface area contributed by atoms with Crippen LogP contribution >= 0.6 is 0 Å². The molecule has 6 nitrogen and oxygen atoms in total. The van der Waals surface area contributed by atoms with Gasteiger partial charge in [0, 0.05) is 18.8 Å². The first-order valence-corrected chi connectivity index (χ1v) is 11.1. The van der Waals surface area contributed by atoms with Gasteiger partial charge >= 0.3 is 0 Å². The number of aryl methyl sites for hydroxylation is 1. The summed E-state index contributed by atoms with van der Waals surface area (Å²) in [5.74, 6) is 1.52. The first-order valence-electron chi connectivity index (χ1n) is 11.1. The van der Waals surface area contributed by atoms with Crippen LogP contribution in [0, 0.1) is 6.92 Å². The fourth-order valence-electron chi connectivity index (χ4n) is 4.03. The van der Waals surface area contributed by atoms with Gasteiger partial charge in [-0.05, 0) is 47.9 Å². The Morgan fingerprint density at radius 1 is 0.941 bits per heavy atom. The molecule has 0 aliphatic carbocycles. The normalized spacial score (nSPS) is 15.4. The molecule has 0 saturated carbocycles. The third-order valence-electron chi connectivity index (χ3n) is 5.86. The Balaban J connectivity index is 1.32. The molecule has 0 N–H and O–H groups in total. The predicted molar refractivity (Wildman–Crippen MR) is 135 cm³/mol. The zero-order valence-electron chi connectivity index (χ0n) is 19.4. The van der Waals surface area contributed by atoms with Crippen LogP contribution in [-0.2, 0) is 4.84 Å². The Morgan fingerprint density at radius 2 is 1.76 bits per heavy atom. The zero-order valence-corrected chi connectivity index (χ0v) is 19.4. The van der Waals surface area contributed by atoms with Crippen molar-refractivity contribution in [3.05, 3.63) is 108 Å². The third kappa shape index (κ3) is 4.30. The molecule has 0 bridgehead atoms. The number of oxime groups is 1. The Labute approximate surface area is 199 Å². The zero-order chi connectivity index (χ0) is 23.5. The molecule has 34 heavy (non-hydrogen) atoms. The minimum absolute atomic E-state index is 0.273. The van der Waals surface area contributed by atoms with Crippen LogP contribution in [0.5, 0.6) is 5.75 Å². The SMILES string of the molecule is COc1cc(/C=C/C2=NOC(c3cccc(-c4ccccc4)c3)N2C)ccc1-n1cnc(C)c1. The third-order valence-corrected chi connectivity index (χ3v) is 5.86. The largest absolute Gasteiger partial charge is 0.495 e. The van der Waals surface area contributed by atoms with E-state index in [4.69, 9.17) is 9.57 Å². The van der Waals surface area contributed by atoms with Gasteiger partial charge in [-0.2, -0.15) is 0 Å². The number of hydrogen-bond acceptors (Lipinski definition) is 5. The van der Waals surface area contributed by atoms with E-state index in [9.17, 15) is 0 Å². The first-order chi connectivity index (χ1) is 16.6. The molecule has 5 rings (SSSR count). The number of imidazole rings is 1. The maximum Gasteiger partial charge on any atom is 0.227 e. The van der Waals surface area contributed by atoms with Crippen LogP contribution in [0.15, 0.2) is 96.6 Å². The summed E-state index contributed by atoms with van der Waals surface area (Å²) in [6.07, 6.45) is 7.45. The van der Waals surface area contributed by atoms with Crippen molar-refractivity contribution in [3.63, 3.8) is 0 Å². The fourth-order valence-corrected chi connectivity index (χ4v) is 4.03. The Kier molecular flexibility index (Phi) is 5.87. The molecule has 0 spiro atoms. The molecule has 0 radical (unpaired) electrons. The van der Waals surface area contributed by atoms with E-state index < -0.39 is 0 Å². The number of amidine groups is 1. The summed E-state index contributed by atoms with van der Waals surface area (Å²) in [5, 5.41) is 4.31. The predicted octanol–water partition coefficient (Wildman–Crippen LogP) is 5.84. The average molecular weight is 451 g/mol. The van der Waals surface area contributed by atoms with E-state index >= 15 is 0 Å². The molecule has 3 aromatic carbocycles. The summed E-state index contributed by atoms with van der Waals surface area (Å²) in [5.41, 5.74) is 6.28. The van der Waals surface area contributed by atoms with Gasteiger partial charge in [0.05, 0.1) is 24.8 Å². The van der Waals surface area contributed by atoms with Gasteiger partial charge in [0.2, 0.25) is 6.23 Å². The molecule has 4 aromatic rings. The van der Waals surface area contributed by atoms with Crippen molar-refractivity contribution >= 4 is 11.9 Å². The summed E-state index contributed by atoms with van der Waals surface area (Å²) in [7, 11) is 3.66. The van der Waals surface area contributed by atoms with Crippen molar-refractivity contribution in [1.82, 2.24) is 14.5 Å². The smallest absolute Gasteiger partial charge is 0.227 e. The van der Waals surface area contributed by atoms with Crippen molar-refractivity contribution < 1.29 is 9.57 Å². The summed E-state index contributed by atoms with van der Waals surface area (Å²) < 4.78 is 7.57. The Bertz CT molecular complexity index is 1360. The summed E-state index contributed by atoms with van der Waals surface area (Å²) >= 11 is 0. The topological polar surface area (TPSA) is 51.9 Å². The average Bonchev–Trinajstić information content (AvgIpc) is 3.48. The maximum absolute atomic E-state index is 5.80. The molecule has 1 atom stereocenters. The van der Waals surface area contributed by atoms with Gasteiger partial charge in [-0.1, -0.05) is 65.8 Å².